The Labute approximate surface area is 122 Å². The zero-order chi connectivity index (χ0) is 14.9. The van der Waals surface area contributed by atoms with Crippen LogP contribution < -0.4 is 11.1 Å². The second kappa shape index (κ2) is 5.32. The monoisotopic (exact) mass is 299 g/mol. The van der Waals surface area contributed by atoms with Crippen molar-refractivity contribution in [3.63, 3.8) is 0 Å². The lowest BCUT2D eigenvalue weighted by Crippen LogP contribution is -2.58. The highest BCUT2D eigenvalue weighted by Gasteiger charge is 2.33. The fourth-order valence-electron chi connectivity index (χ4n) is 1.76. The van der Waals surface area contributed by atoms with Gasteiger partial charge in [-0.05, 0) is 20.8 Å². The first kappa shape index (κ1) is 14.6. The molecule has 0 atom stereocenters. The molecule has 20 heavy (non-hydrogen) atoms. The van der Waals surface area contributed by atoms with Gasteiger partial charge in [-0.1, -0.05) is 11.6 Å². The van der Waals surface area contributed by atoms with Crippen molar-refractivity contribution < 1.29 is 9.53 Å². The molecular weight excluding hydrogens is 282 g/mol. The van der Waals surface area contributed by atoms with E-state index < -0.39 is 5.60 Å². The van der Waals surface area contributed by atoms with E-state index in [2.05, 4.69) is 15.5 Å². The van der Waals surface area contributed by atoms with E-state index in [1.807, 2.05) is 20.8 Å². The first-order valence-corrected chi connectivity index (χ1v) is 6.65. The van der Waals surface area contributed by atoms with Gasteiger partial charge in [-0.25, -0.2) is 4.79 Å². The summed E-state index contributed by atoms with van der Waals surface area (Å²) in [5, 5.41) is 10.8. The van der Waals surface area contributed by atoms with E-state index in [-0.39, 0.29) is 23.1 Å². The molecule has 0 bridgehead atoms. The molecule has 110 valence electrons. The van der Waals surface area contributed by atoms with Gasteiger partial charge < -0.3 is 20.7 Å². The Balaban J connectivity index is 1.85. The van der Waals surface area contributed by atoms with Crippen LogP contribution in [0.1, 0.15) is 20.8 Å². The minimum atomic E-state index is -0.484. The highest BCUT2D eigenvalue weighted by Crippen LogP contribution is 2.22. The lowest BCUT2D eigenvalue weighted by molar-refractivity contribution is 0.0105. The summed E-state index contributed by atoms with van der Waals surface area (Å²) in [6.07, 6.45) is -0.311. The lowest BCUT2D eigenvalue weighted by Gasteiger charge is -2.40. The van der Waals surface area contributed by atoms with Crippen LogP contribution in [0.2, 0.25) is 5.15 Å². The summed E-state index contributed by atoms with van der Waals surface area (Å²) in [7, 11) is 0. The van der Waals surface area contributed by atoms with E-state index in [1.54, 1.807) is 11.0 Å². The first-order valence-electron chi connectivity index (χ1n) is 6.28. The van der Waals surface area contributed by atoms with Crippen LogP contribution in [0.5, 0.6) is 0 Å². The van der Waals surface area contributed by atoms with E-state index in [9.17, 15) is 4.79 Å². The number of anilines is 2. The van der Waals surface area contributed by atoms with Gasteiger partial charge in [0.15, 0.2) is 11.0 Å². The van der Waals surface area contributed by atoms with Crippen molar-refractivity contribution in [1.29, 1.82) is 0 Å². The number of aromatic nitrogens is 2. The maximum Gasteiger partial charge on any atom is 0.410 e. The predicted molar refractivity (Wildman–Crippen MR) is 76.7 cm³/mol. The number of halogens is 1. The summed E-state index contributed by atoms with van der Waals surface area (Å²) in [6, 6.07) is 1.71. The SMILES string of the molecule is CC(C)(C)OC(=O)N1CC(Nc2cc(Cl)nnc2N)C1. The molecule has 0 unspecified atom stereocenters. The fraction of sp³-hybridized carbons (Fsp3) is 0.583. The quantitative estimate of drug-likeness (QED) is 0.864. The predicted octanol–water partition coefficient (Wildman–Crippen LogP) is 1.74. The molecule has 0 radical (unpaired) electrons. The lowest BCUT2D eigenvalue weighted by atomic mass is 10.1. The molecule has 1 fully saturated rings. The Morgan fingerprint density at radius 3 is 2.75 bits per heavy atom. The smallest absolute Gasteiger partial charge is 0.410 e. The third-order valence-electron chi connectivity index (χ3n) is 2.69. The van der Waals surface area contributed by atoms with Crippen LogP contribution in [-0.4, -0.2) is 45.9 Å². The van der Waals surface area contributed by atoms with Crippen LogP contribution in [-0.2, 0) is 4.74 Å². The van der Waals surface area contributed by atoms with Crippen molar-refractivity contribution in [3.05, 3.63) is 11.2 Å². The number of rotatable bonds is 2. The number of hydrogen-bond acceptors (Lipinski definition) is 6. The van der Waals surface area contributed by atoms with Crippen LogP contribution in [0, 0.1) is 0 Å². The highest BCUT2D eigenvalue weighted by molar-refractivity contribution is 6.29. The summed E-state index contributed by atoms with van der Waals surface area (Å²) in [5.41, 5.74) is 5.83. The van der Waals surface area contributed by atoms with Crippen molar-refractivity contribution in [3.8, 4) is 0 Å². The summed E-state index contributed by atoms with van der Waals surface area (Å²) < 4.78 is 5.27. The zero-order valence-electron chi connectivity index (χ0n) is 11.7. The maximum atomic E-state index is 11.8. The molecule has 0 spiro atoms. The summed E-state index contributed by atoms with van der Waals surface area (Å²) in [6.45, 7) is 6.62. The number of nitrogens with zero attached hydrogens (tertiary/aromatic N) is 3. The van der Waals surface area contributed by atoms with Crippen LogP contribution in [0.3, 0.4) is 0 Å². The average molecular weight is 300 g/mol. The van der Waals surface area contributed by atoms with Crippen molar-refractivity contribution in [1.82, 2.24) is 15.1 Å². The van der Waals surface area contributed by atoms with E-state index in [0.29, 0.717) is 18.8 Å². The van der Waals surface area contributed by atoms with E-state index in [1.165, 1.54) is 0 Å². The number of nitrogens with one attached hydrogen (secondary N) is 1. The number of ether oxygens (including phenoxy) is 1. The van der Waals surface area contributed by atoms with Crippen molar-refractivity contribution >= 4 is 29.2 Å². The third-order valence-corrected chi connectivity index (χ3v) is 2.87. The maximum absolute atomic E-state index is 11.8. The van der Waals surface area contributed by atoms with Gasteiger partial charge in [0.05, 0.1) is 11.7 Å². The summed E-state index contributed by atoms with van der Waals surface area (Å²) >= 11 is 5.76. The topological polar surface area (TPSA) is 93.4 Å². The number of nitrogen functional groups attached to an aromatic ring is 1. The van der Waals surface area contributed by atoms with Gasteiger partial charge in [0.25, 0.3) is 0 Å². The number of likely N-dealkylation sites (tertiary alicyclic amines) is 1. The molecule has 1 amide bonds. The van der Waals surface area contributed by atoms with Crippen LogP contribution in [0.4, 0.5) is 16.3 Å². The first-order chi connectivity index (χ1) is 9.24. The summed E-state index contributed by atoms with van der Waals surface area (Å²) in [4.78, 5) is 13.4. The molecule has 1 aromatic heterocycles. The Morgan fingerprint density at radius 1 is 1.50 bits per heavy atom. The molecule has 0 aromatic carbocycles. The van der Waals surface area contributed by atoms with Crippen molar-refractivity contribution in [2.75, 3.05) is 24.1 Å². The van der Waals surface area contributed by atoms with Gasteiger partial charge in [0.2, 0.25) is 0 Å². The van der Waals surface area contributed by atoms with Gasteiger partial charge >= 0.3 is 6.09 Å². The second-order valence-corrected chi connectivity index (χ2v) is 6.08. The minimum absolute atomic E-state index is 0.102. The number of carbonyl (C=O) groups is 1. The van der Waals surface area contributed by atoms with Crippen LogP contribution in [0.25, 0.3) is 0 Å². The average Bonchev–Trinajstić information content (AvgIpc) is 2.24. The van der Waals surface area contributed by atoms with Gasteiger partial charge in [-0.2, -0.15) is 0 Å². The normalized spacial score (nSPS) is 15.7. The second-order valence-electron chi connectivity index (χ2n) is 5.69. The van der Waals surface area contributed by atoms with E-state index in [4.69, 9.17) is 22.1 Å². The van der Waals surface area contributed by atoms with Gasteiger partial charge in [0, 0.05) is 19.2 Å². The van der Waals surface area contributed by atoms with Crippen LogP contribution in [0.15, 0.2) is 6.07 Å². The highest BCUT2D eigenvalue weighted by atomic mass is 35.5. The number of hydrogen-bond donors (Lipinski definition) is 2. The molecule has 1 saturated heterocycles. The molecule has 0 saturated carbocycles. The molecule has 2 heterocycles. The minimum Gasteiger partial charge on any atom is -0.444 e. The molecule has 8 heteroatoms. The summed E-state index contributed by atoms with van der Waals surface area (Å²) in [5.74, 6) is 0.283. The molecule has 2 rings (SSSR count). The zero-order valence-corrected chi connectivity index (χ0v) is 12.4. The van der Waals surface area contributed by atoms with Crippen molar-refractivity contribution in [2.45, 2.75) is 32.4 Å². The number of amides is 1. The van der Waals surface area contributed by atoms with Gasteiger partial charge in [-0.15, -0.1) is 10.2 Å². The number of nitrogens with two attached hydrogens (primary N) is 1. The Kier molecular flexibility index (Phi) is 3.89. The Bertz CT molecular complexity index is 511. The fourth-order valence-corrected chi connectivity index (χ4v) is 1.91. The Hall–Kier alpha value is -1.76. The van der Waals surface area contributed by atoms with E-state index >= 15 is 0 Å². The molecular formula is C12H18ClN5O2. The van der Waals surface area contributed by atoms with E-state index in [0.717, 1.165) is 0 Å². The largest absolute Gasteiger partial charge is 0.444 e. The molecule has 1 aliphatic heterocycles. The molecule has 0 aliphatic carbocycles. The molecule has 1 aromatic rings. The molecule has 1 aliphatic rings. The van der Waals surface area contributed by atoms with Crippen molar-refractivity contribution in [2.24, 2.45) is 0 Å². The molecule has 7 nitrogen and oxygen atoms in total. The van der Waals surface area contributed by atoms with Gasteiger partial charge in [0.1, 0.15) is 5.60 Å². The molecule has 3 N–H and O–H groups in total. The standard InChI is InChI=1S/C12H18ClN5O2/c1-12(2,3)20-11(19)18-5-7(6-18)15-8-4-9(13)16-17-10(8)14/h4,7H,5-6H2,1-3H3,(H2,14,17)(H,15,16). The van der Waals surface area contributed by atoms with Gasteiger partial charge in [-0.3, -0.25) is 0 Å². The third kappa shape index (κ3) is 3.63. The Morgan fingerprint density at radius 2 is 2.15 bits per heavy atom. The number of carbonyl (C=O) groups excluding carboxylic acids is 1. The van der Waals surface area contributed by atoms with Crippen LogP contribution >= 0.6 is 11.6 Å².